The maximum Gasteiger partial charge on any atom is 0.288 e. The summed E-state index contributed by atoms with van der Waals surface area (Å²) in [4.78, 5) is 22.5. The quantitative estimate of drug-likeness (QED) is 0.662. The van der Waals surface area contributed by atoms with Crippen molar-refractivity contribution in [3.05, 3.63) is 38.9 Å². The summed E-state index contributed by atoms with van der Waals surface area (Å²) < 4.78 is 11.8. The van der Waals surface area contributed by atoms with Crippen LogP contribution in [0.15, 0.2) is 18.2 Å². The molecule has 1 heterocycles. The van der Waals surface area contributed by atoms with Gasteiger partial charge in [-0.05, 0) is 25.0 Å². The molecule has 1 atom stereocenters. The van der Waals surface area contributed by atoms with Crippen molar-refractivity contribution in [2.45, 2.75) is 44.0 Å². The zero-order chi connectivity index (χ0) is 17.2. The molecule has 1 unspecified atom stereocenters. The molecule has 0 bridgehead atoms. The molecule has 8 heteroatoms. The number of hydrogen-bond donors (Lipinski definition) is 1. The second kappa shape index (κ2) is 7.04. The van der Waals surface area contributed by atoms with E-state index in [0.717, 1.165) is 25.7 Å². The summed E-state index contributed by atoms with van der Waals surface area (Å²) in [5.41, 5.74) is -0.0941. The molecule has 1 spiro atoms. The lowest BCUT2D eigenvalue weighted by atomic mass is 9.94. The van der Waals surface area contributed by atoms with E-state index in [1.54, 1.807) is 0 Å². The Morgan fingerprint density at radius 3 is 2.83 bits per heavy atom. The lowest BCUT2D eigenvalue weighted by Crippen LogP contribution is -2.37. The van der Waals surface area contributed by atoms with Crippen molar-refractivity contribution in [1.82, 2.24) is 5.32 Å². The van der Waals surface area contributed by atoms with E-state index >= 15 is 0 Å². The van der Waals surface area contributed by atoms with Gasteiger partial charge in [-0.15, -0.1) is 0 Å². The highest BCUT2D eigenvalue weighted by Crippen LogP contribution is 2.37. The van der Waals surface area contributed by atoms with Gasteiger partial charge in [-0.1, -0.05) is 18.0 Å². The summed E-state index contributed by atoms with van der Waals surface area (Å²) in [6, 6.07) is 3.98. The van der Waals surface area contributed by atoms with Crippen molar-refractivity contribution >= 4 is 23.2 Å². The number of nitro groups is 1. The second-order valence-corrected chi connectivity index (χ2v) is 6.56. The van der Waals surface area contributed by atoms with E-state index in [9.17, 15) is 14.9 Å². The van der Waals surface area contributed by atoms with E-state index in [1.807, 2.05) is 0 Å². The average molecular weight is 355 g/mol. The summed E-state index contributed by atoms with van der Waals surface area (Å²) in [5.74, 6) is -0.879. The molecular formula is C16H19ClN2O5. The molecule has 0 aromatic heterocycles. The van der Waals surface area contributed by atoms with E-state index in [-0.39, 0.29) is 22.4 Å². The van der Waals surface area contributed by atoms with E-state index in [2.05, 4.69) is 5.32 Å². The van der Waals surface area contributed by atoms with E-state index in [1.165, 1.54) is 24.6 Å². The summed E-state index contributed by atoms with van der Waals surface area (Å²) in [5, 5.41) is 13.6. The Kier molecular flexibility index (Phi) is 5.03. The van der Waals surface area contributed by atoms with Gasteiger partial charge in [-0.3, -0.25) is 14.9 Å². The third-order valence-corrected chi connectivity index (χ3v) is 4.74. The van der Waals surface area contributed by atoms with Crippen LogP contribution in [-0.2, 0) is 9.47 Å². The largest absolute Gasteiger partial charge is 0.349 e. The molecule has 2 aliphatic rings. The van der Waals surface area contributed by atoms with Crippen LogP contribution < -0.4 is 5.32 Å². The first-order valence-electron chi connectivity index (χ1n) is 8.03. The molecule has 1 aromatic rings. The molecule has 1 aliphatic heterocycles. The summed E-state index contributed by atoms with van der Waals surface area (Å²) >= 11 is 5.75. The molecule has 0 radical (unpaired) electrons. The zero-order valence-corrected chi connectivity index (χ0v) is 13.9. The third-order valence-electron chi connectivity index (χ3n) is 4.42. The Morgan fingerprint density at radius 2 is 2.12 bits per heavy atom. The predicted molar refractivity (Wildman–Crippen MR) is 87.1 cm³/mol. The Labute approximate surface area is 144 Å². The van der Waals surface area contributed by atoms with Crippen LogP contribution in [0.4, 0.5) is 5.69 Å². The minimum absolute atomic E-state index is 0.00307. The zero-order valence-electron chi connectivity index (χ0n) is 13.1. The number of nitro benzene ring substituents is 1. The van der Waals surface area contributed by atoms with Crippen molar-refractivity contribution in [2.24, 2.45) is 0 Å². The maximum atomic E-state index is 12.2. The molecule has 2 fully saturated rings. The fourth-order valence-corrected chi connectivity index (χ4v) is 3.36. The van der Waals surface area contributed by atoms with Crippen LogP contribution in [0, 0.1) is 10.1 Å². The van der Waals surface area contributed by atoms with Gasteiger partial charge in [0.05, 0.1) is 11.5 Å². The Hall–Kier alpha value is -1.70. The number of ether oxygens (including phenoxy) is 2. The number of hydrogen-bond acceptors (Lipinski definition) is 5. The first kappa shape index (κ1) is 17.1. The molecular weight excluding hydrogens is 336 g/mol. The number of carbonyl (C=O) groups is 1. The van der Waals surface area contributed by atoms with E-state index in [0.29, 0.717) is 13.2 Å². The second-order valence-electron chi connectivity index (χ2n) is 6.16. The Balaban J connectivity index is 1.56. The lowest BCUT2D eigenvalue weighted by molar-refractivity contribution is -0.384. The SMILES string of the molecule is O=C(NCC1COC2(CCCCC2)O1)c1ccc(Cl)c([N+](=O)[O-])c1. The molecule has 1 aliphatic carbocycles. The number of nitrogens with one attached hydrogen (secondary N) is 1. The van der Waals surface area contributed by atoms with Crippen molar-refractivity contribution in [3.63, 3.8) is 0 Å². The minimum Gasteiger partial charge on any atom is -0.349 e. The van der Waals surface area contributed by atoms with Gasteiger partial charge < -0.3 is 14.8 Å². The predicted octanol–water partition coefficient (Wildman–Crippen LogP) is 3.05. The molecule has 1 amide bonds. The number of halogens is 1. The van der Waals surface area contributed by atoms with Crippen molar-refractivity contribution < 1.29 is 19.2 Å². The molecule has 24 heavy (non-hydrogen) atoms. The van der Waals surface area contributed by atoms with E-state index < -0.39 is 16.6 Å². The van der Waals surface area contributed by atoms with Crippen LogP contribution in [0.1, 0.15) is 42.5 Å². The molecule has 1 N–H and O–H groups in total. The number of benzene rings is 1. The summed E-state index contributed by atoms with van der Waals surface area (Å²) in [6.07, 6.45) is 4.96. The number of nitrogens with zero attached hydrogens (tertiary/aromatic N) is 1. The molecule has 1 aromatic carbocycles. The first-order chi connectivity index (χ1) is 11.5. The lowest BCUT2D eigenvalue weighted by Gasteiger charge is -2.31. The van der Waals surface area contributed by atoms with Crippen LogP contribution >= 0.6 is 11.6 Å². The number of carbonyl (C=O) groups excluding carboxylic acids is 1. The molecule has 3 rings (SSSR count). The fourth-order valence-electron chi connectivity index (χ4n) is 3.17. The summed E-state index contributed by atoms with van der Waals surface area (Å²) in [6.45, 7) is 0.748. The monoisotopic (exact) mass is 354 g/mol. The number of rotatable bonds is 4. The Bertz CT molecular complexity index is 645. The smallest absolute Gasteiger partial charge is 0.288 e. The van der Waals surface area contributed by atoms with Crippen LogP contribution in [-0.4, -0.2) is 35.9 Å². The van der Waals surface area contributed by atoms with Crippen molar-refractivity contribution in [2.75, 3.05) is 13.2 Å². The highest BCUT2D eigenvalue weighted by molar-refractivity contribution is 6.32. The van der Waals surface area contributed by atoms with Crippen LogP contribution in [0.25, 0.3) is 0 Å². The van der Waals surface area contributed by atoms with Crippen LogP contribution in [0.2, 0.25) is 5.02 Å². The van der Waals surface area contributed by atoms with E-state index in [4.69, 9.17) is 21.1 Å². The molecule has 1 saturated carbocycles. The van der Waals surface area contributed by atoms with Crippen LogP contribution in [0.3, 0.4) is 0 Å². The van der Waals surface area contributed by atoms with Crippen molar-refractivity contribution in [3.8, 4) is 0 Å². The van der Waals surface area contributed by atoms with Crippen LogP contribution in [0.5, 0.6) is 0 Å². The maximum absolute atomic E-state index is 12.2. The van der Waals surface area contributed by atoms with Gasteiger partial charge in [-0.25, -0.2) is 0 Å². The van der Waals surface area contributed by atoms with Crippen molar-refractivity contribution in [1.29, 1.82) is 0 Å². The Morgan fingerprint density at radius 1 is 1.38 bits per heavy atom. The molecule has 1 saturated heterocycles. The fraction of sp³-hybridized carbons (Fsp3) is 0.562. The third kappa shape index (κ3) is 3.68. The van der Waals surface area contributed by atoms with Gasteiger partial charge in [0.25, 0.3) is 11.6 Å². The number of amides is 1. The minimum atomic E-state index is -0.611. The summed E-state index contributed by atoms with van der Waals surface area (Å²) in [7, 11) is 0. The molecule has 130 valence electrons. The standard InChI is InChI=1S/C16H19ClN2O5/c17-13-5-4-11(8-14(13)19(21)22)15(20)18-9-12-10-23-16(24-12)6-2-1-3-7-16/h4-5,8,12H,1-3,6-7,9-10H2,(H,18,20). The normalized spacial score (nSPS) is 22.5. The molecule has 7 nitrogen and oxygen atoms in total. The van der Waals surface area contributed by atoms with Gasteiger partial charge in [0.15, 0.2) is 5.79 Å². The van der Waals surface area contributed by atoms with Gasteiger partial charge in [0.2, 0.25) is 0 Å². The highest BCUT2D eigenvalue weighted by Gasteiger charge is 2.42. The van der Waals surface area contributed by atoms with Gasteiger partial charge in [-0.2, -0.15) is 0 Å². The topological polar surface area (TPSA) is 90.7 Å². The van der Waals surface area contributed by atoms with Gasteiger partial charge >= 0.3 is 0 Å². The van der Waals surface area contributed by atoms with Gasteiger partial charge in [0, 0.05) is 31.0 Å². The van der Waals surface area contributed by atoms with Gasteiger partial charge in [0.1, 0.15) is 11.1 Å². The highest BCUT2D eigenvalue weighted by atomic mass is 35.5. The first-order valence-corrected chi connectivity index (χ1v) is 8.41. The average Bonchev–Trinajstić information content (AvgIpc) is 2.96.